The lowest BCUT2D eigenvalue weighted by Gasteiger charge is -2.24. The molecule has 0 spiro atoms. The van der Waals surface area contributed by atoms with E-state index in [0.29, 0.717) is 0 Å². The van der Waals surface area contributed by atoms with Gasteiger partial charge in [-0.1, -0.05) is 0 Å². The smallest absolute Gasteiger partial charge is 0.405 e. The molecule has 1 amide bonds. The number of rotatable bonds is 1. The van der Waals surface area contributed by atoms with Crippen LogP contribution in [0.3, 0.4) is 0 Å². The van der Waals surface area contributed by atoms with Gasteiger partial charge in [0.05, 0.1) is 6.10 Å². The van der Waals surface area contributed by atoms with Gasteiger partial charge in [0.25, 0.3) is 0 Å². The molecule has 12 heavy (non-hydrogen) atoms. The quantitative estimate of drug-likeness (QED) is 0.585. The third kappa shape index (κ3) is 1.27. The van der Waals surface area contributed by atoms with E-state index in [0.717, 1.165) is 0 Å². The molecule has 1 rings (SSSR count). The molecular weight excluding hydrogens is 162 g/mol. The molecule has 0 saturated carbocycles. The van der Waals surface area contributed by atoms with Crippen molar-refractivity contribution in [3.63, 3.8) is 0 Å². The van der Waals surface area contributed by atoms with Crippen molar-refractivity contribution in [1.82, 2.24) is 5.32 Å². The Morgan fingerprint density at radius 2 is 2.42 bits per heavy atom. The van der Waals surface area contributed by atoms with Crippen molar-refractivity contribution in [2.24, 2.45) is 0 Å². The third-order valence-electron chi connectivity index (χ3n) is 2.22. The van der Waals surface area contributed by atoms with Gasteiger partial charge in [0.2, 0.25) is 0 Å². The Morgan fingerprint density at radius 1 is 1.83 bits per heavy atom. The summed E-state index contributed by atoms with van der Waals surface area (Å²) in [5, 5.41) is 10.6. The number of ketones is 1. The highest BCUT2D eigenvalue weighted by atomic mass is 16.5. The summed E-state index contributed by atoms with van der Waals surface area (Å²) in [6, 6.07) is 0. The van der Waals surface area contributed by atoms with Gasteiger partial charge < -0.3 is 15.2 Å². The van der Waals surface area contributed by atoms with E-state index in [1.807, 2.05) is 0 Å². The van der Waals surface area contributed by atoms with Crippen molar-refractivity contribution in [2.45, 2.75) is 25.5 Å². The minimum absolute atomic E-state index is 0.0159. The summed E-state index contributed by atoms with van der Waals surface area (Å²) in [5.41, 5.74) is -1.08. The van der Waals surface area contributed by atoms with E-state index >= 15 is 0 Å². The van der Waals surface area contributed by atoms with Crippen LogP contribution in [0.15, 0.2) is 0 Å². The highest BCUT2D eigenvalue weighted by Gasteiger charge is 2.46. The minimum Gasteiger partial charge on any atom is -0.465 e. The van der Waals surface area contributed by atoms with E-state index in [1.54, 1.807) is 6.92 Å². The number of carboxylic acid groups (broad SMARTS) is 1. The Bertz CT molecular complexity index is 227. The molecule has 1 aliphatic rings. The van der Waals surface area contributed by atoms with Crippen molar-refractivity contribution in [3.05, 3.63) is 0 Å². The second-order valence-electron chi connectivity index (χ2n) is 3.01. The van der Waals surface area contributed by atoms with Crippen LogP contribution in [0.1, 0.15) is 13.8 Å². The first kappa shape index (κ1) is 8.99. The number of carbonyl (C=O) groups excluding carboxylic acids is 1. The zero-order chi connectivity index (χ0) is 9.35. The summed E-state index contributed by atoms with van der Waals surface area (Å²) in [5.74, 6) is -0.225. The fourth-order valence-corrected chi connectivity index (χ4v) is 1.14. The molecule has 2 atom stereocenters. The van der Waals surface area contributed by atoms with Crippen molar-refractivity contribution < 1.29 is 19.4 Å². The molecule has 0 aromatic rings. The lowest BCUT2D eigenvalue weighted by molar-refractivity contribution is -0.121. The fourth-order valence-electron chi connectivity index (χ4n) is 1.14. The Labute approximate surface area is 69.7 Å². The van der Waals surface area contributed by atoms with Crippen LogP contribution in [0.25, 0.3) is 0 Å². The van der Waals surface area contributed by atoms with Crippen molar-refractivity contribution in [1.29, 1.82) is 0 Å². The normalized spacial score (nSPS) is 35.2. The van der Waals surface area contributed by atoms with Crippen LogP contribution in [-0.4, -0.2) is 35.2 Å². The molecule has 5 nitrogen and oxygen atoms in total. The minimum atomic E-state index is -1.21. The molecule has 1 saturated heterocycles. The highest BCUT2D eigenvalue weighted by molar-refractivity contribution is 5.94. The van der Waals surface area contributed by atoms with E-state index in [9.17, 15) is 9.59 Å². The maximum Gasteiger partial charge on any atom is 0.405 e. The van der Waals surface area contributed by atoms with Gasteiger partial charge in [-0.2, -0.15) is 0 Å². The second-order valence-corrected chi connectivity index (χ2v) is 3.01. The van der Waals surface area contributed by atoms with Gasteiger partial charge >= 0.3 is 6.09 Å². The topological polar surface area (TPSA) is 75.6 Å². The van der Waals surface area contributed by atoms with Crippen LogP contribution < -0.4 is 5.32 Å². The summed E-state index contributed by atoms with van der Waals surface area (Å²) in [4.78, 5) is 21.5. The Kier molecular flexibility index (Phi) is 2.06. The summed E-state index contributed by atoms with van der Waals surface area (Å²) < 4.78 is 5.01. The summed E-state index contributed by atoms with van der Waals surface area (Å²) in [7, 11) is 0. The van der Waals surface area contributed by atoms with Gasteiger partial charge in [-0.25, -0.2) is 4.79 Å². The maximum atomic E-state index is 11.2. The molecule has 0 unspecified atom stereocenters. The van der Waals surface area contributed by atoms with Gasteiger partial charge in [-0.3, -0.25) is 4.79 Å². The van der Waals surface area contributed by atoms with Crippen LogP contribution in [-0.2, 0) is 9.53 Å². The number of amides is 1. The molecule has 0 radical (unpaired) electrons. The molecular formula is C7H11NO4. The van der Waals surface area contributed by atoms with Crippen molar-refractivity contribution >= 4 is 11.9 Å². The molecule has 1 fully saturated rings. The number of carbonyl (C=O) groups is 2. The van der Waals surface area contributed by atoms with Crippen LogP contribution in [0.2, 0.25) is 0 Å². The molecule has 2 N–H and O–H groups in total. The molecule has 68 valence electrons. The zero-order valence-electron chi connectivity index (χ0n) is 6.96. The van der Waals surface area contributed by atoms with Crippen molar-refractivity contribution in [3.8, 4) is 0 Å². The van der Waals surface area contributed by atoms with Gasteiger partial charge in [-0.05, 0) is 13.8 Å². The summed E-state index contributed by atoms with van der Waals surface area (Å²) in [6.07, 6.45) is -1.61. The molecule has 0 bridgehead atoms. The predicted molar refractivity (Wildman–Crippen MR) is 40.0 cm³/mol. The Morgan fingerprint density at radius 3 is 2.75 bits per heavy atom. The molecule has 5 heteroatoms. The lowest BCUT2D eigenvalue weighted by Crippen LogP contribution is -2.55. The van der Waals surface area contributed by atoms with Crippen LogP contribution >= 0.6 is 0 Å². The third-order valence-corrected chi connectivity index (χ3v) is 2.22. The fraction of sp³-hybridized carbons (Fsp3) is 0.714. The summed E-state index contributed by atoms with van der Waals surface area (Å²) in [6.45, 7) is 3.18. The van der Waals surface area contributed by atoms with Crippen LogP contribution in [0.4, 0.5) is 4.79 Å². The first-order valence-electron chi connectivity index (χ1n) is 3.63. The average molecular weight is 173 g/mol. The largest absolute Gasteiger partial charge is 0.465 e. The van der Waals surface area contributed by atoms with E-state index in [-0.39, 0.29) is 12.4 Å². The second kappa shape index (κ2) is 2.75. The SMILES string of the molecule is C[C@@H]1OCC(=O)[C@]1(C)NC(=O)O. The van der Waals surface area contributed by atoms with Gasteiger partial charge in [0, 0.05) is 0 Å². The lowest BCUT2D eigenvalue weighted by atomic mass is 9.94. The van der Waals surface area contributed by atoms with Crippen LogP contribution in [0.5, 0.6) is 0 Å². The zero-order valence-corrected chi connectivity index (χ0v) is 6.96. The standard InChI is InChI=1S/C7H11NO4/c1-4-7(2,8-6(10)11)5(9)3-12-4/h4,8H,3H2,1-2H3,(H,10,11)/t4-,7+/m0/s1. The molecule has 0 aliphatic carbocycles. The van der Waals surface area contributed by atoms with Crippen molar-refractivity contribution in [2.75, 3.05) is 6.61 Å². The predicted octanol–water partition coefficient (Wildman–Crippen LogP) is 0.000500. The average Bonchev–Trinajstić information content (AvgIpc) is 2.16. The maximum absolute atomic E-state index is 11.2. The van der Waals surface area contributed by atoms with Gasteiger partial charge in [0.1, 0.15) is 12.1 Å². The number of nitrogens with one attached hydrogen (secondary N) is 1. The number of hydrogen-bond acceptors (Lipinski definition) is 3. The molecule has 0 aromatic carbocycles. The first-order valence-corrected chi connectivity index (χ1v) is 3.63. The van der Waals surface area contributed by atoms with E-state index in [2.05, 4.69) is 5.32 Å². The Hall–Kier alpha value is -1.10. The highest BCUT2D eigenvalue weighted by Crippen LogP contribution is 2.21. The number of Topliss-reactive ketones (excluding diaryl/α,β-unsaturated/α-hetero) is 1. The first-order chi connectivity index (χ1) is 5.47. The molecule has 1 aliphatic heterocycles. The van der Waals surface area contributed by atoms with Gasteiger partial charge in [0.15, 0.2) is 5.78 Å². The molecule has 1 heterocycles. The Balaban J connectivity index is 2.79. The van der Waals surface area contributed by atoms with E-state index < -0.39 is 17.7 Å². The monoisotopic (exact) mass is 173 g/mol. The number of hydrogen-bond donors (Lipinski definition) is 2. The molecule has 0 aromatic heterocycles. The van der Waals surface area contributed by atoms with E-state index in [1.165, 1.54) is 6.92 Å². The number of ether oxygens (including phenoxy) is 1. The van der Waals surface area contributed by atoms with Gasteiger partial charge in [-0.15, -0.1) is 0 Å². The van der Waals surface area contributed by atoms with E-state index in [4.69, 9.17) is 9.84 Å². The van der Waals surface area contributed by atoms with Crippen LogP contribution in [0, 0.1) is 0 Å². The summed E-state index contributed by atoms with van der Waals surface area (Å²) >= 11 is 0.